The van der Waals surface area contributed by atoms with E-state index in [1.807, 2.05) is 13.1 Å². The first-order valence-corrected chi connectivity index (χ1v) is 7.41. The molecular formula is C15H22ClFN2. The van der Waals surface area contributed by atoms with Crippen LogP contribution in [0.2, 0.25) is 5.02 Å². The Hall–Kier alpha value is -0.640. The summed E-state index contributed by atoms with van der Waals surface area (Å²) in [5.41, 5.74) is 1.10. The maximum Gasteiger partial charge on any atom is 0.141 e. The molecular weight excluding hydrogens is 263 g/mol. The monoisotopic (exact) mass is 284 g/mol. The number of likely N-dealkylation sites (tertiary alicyclic amines) is 1. The fourth-order valence-corrected chi connectivity index (χ4v) is 2.98. The van der Waals surface area contributed by atoms with E-state index in [0.717, 1.165) is 25.2 Å². The lowest BCUT2D eigenvalue weighted by atomic mass is 9.98. The first kappa shape index (κ1) is 14.8. The smallest absolute Gasteiger partial charge is 0.141 e. The van der Waals surface area contributed by atoms with Crippen LogP contribution in [0.1, 0.15) is 31.2 Å². The van der Waals surface area contributed by atoms with Gasteiger partial charge in [-0.3, -0.25) is 4.90 Å². The van der Waals surface area contributed by atoms with Crippen molar-refractivity contribution in [2.24, 2.45) is 0 Å². The van der Waals surface area contributed by atoms with Crippen LogP contribution in [-0.4, -0.2) is 31.1 Å². The van der Waals surface area contributed by atoms with Crippen molar-refractivity contribution in [1.82, 2.24) is 10.2 Å². The summed E-state index contributed by atoms with van der Waals surface area (Å²) in [6.45, 7) is 3.04. The fraction of sp³-hybridized carbons (Fsp3) is 0.600. The average Bonchev–Trinajstić information content (AvgIpc) is 2.42. The maximum atomic E-state index is 13.2. The summed E-state index contributed by atoms with van der Waals surface area (Å²) in [5, 5.41) is 3.44. The third-order valence-electron chi connectivity index (χ3n) is 3.85. The molecule has 106 valence electrons. The van der Waals surface area contributed by atoms with Gasteiger partial charge in [0.05, 0.1) is 5.02 Å². The van der Waals surface area contributed by atoms with Crippen LogP contribution in [0.5, 0.6) is 0 Å². The van der Waals surface area contributed by atoms with Crippen LogP contribution in [0.4, 0.5) is 4.39 Å². The third-order valence-corrected chi connectivity index (χ3v) is 4.14. The van der Waals surface area contributed by atoms with E-state index in [0.29, 0.717) is 6.04 Å². The van der Waals surface area contributed by atoms with Crippen molar-refractivity contribution in [3.8, 4) is 0 Å². The number of rotatable bonds is 5. The lowest BCUT2D eigenvalue weighted by molar-refractivity contribution is 0.132. The highest BCUT2D eigenvalue weighted by atomic mass is 35.5. The molecule has 2 nitrogen and oxygen atoms in total. The van der Waals surface area contributed by atoms with Crippen LogP contribution < -0.4 is 5.32 Å². The van der Waals surface area contributed by atoms with Gasteiger partial charge >= 0.3 is 0 Å². The summed E-state index contributed by atoms with van der Waals surface area (Å²) in [6.07, 6.45) is 5.00. The van der Waals surface area contributed by atoms with Crippen LogP contribution in [0, 0.1) is 5.82 Å². The molecule has 1 saturated heterocycles. The molecule has 0 aromatic heterocycles. The van der Waals surface area contributed by atoms with Crippen molar-refractivity contribution in [1.29, 1.82) is 0 Å². The van der Waals surface area contributed by atoms with Crippen LogP contribution in [-0.2, 0) is 6.54 Å². The van der Waals surface area contributed by atoms with E-state index in [1.165, 1.54) is 31.7 Å². The highest BCUT2D eigenvalue weighted by Gasteiger charge is 2.21. The van der Waals surface area contributed by atoms with E-state index in [1.54, 1.807) is 6.07 Å². The highest BCUT2D eigenvalue weighted by molar-refractivity contribution is 6.30. The Kier molecular flexibility index (Phi) is 5.61. The van der Waals surface area contributed by atoms with Crippen molar-refractivity contribution in [3.63, 3.8) is 0 Å². The molecule has 19 heavy (non-hydrogen) atoms. The van der Waals surface area contributed by atoms with E-state index in [2.05, 4.69) is 10.2 Å². The van der Waals surface area contributed by atoms with Crippen LogP contribution in [0.3, 0.4) is 0 Å². The Bertz CT molecular complexity index is 411. The van der Waals surface area contributed by atoms with Gasteiger partial charge in [-0.1, -0.05) is 24.1 Å². The minimum atomic E-state index is -0.337. The summed E-state index contributed by atoms with van der Waals surface area (Å²) < 4.78 is 13.2. The molecule has 1 aliphatic rings. The summed E-state index contributed by atoms with van der Waals surface area (Å²) in [5.74, 6) is -0.337. The molecule has 1 aromatic rings. The summed E-state index contributed by atoms with van der Waals surface area (Å²) in [6, 6.07) is 5.68. The Morgan fingerprint density at radius 2 is 2.26 bits per heavy atom. The van der Waals surface area contributed by atoms with Crippen molar-refractivity contribution >= 4 is 11.6 Å². The molecule has 1 aliphatic heterocycles. The van der Waals surface area contributed by atoms with Gasteiger partial charge in [-0.05, 0) is 57.1 Å². The zero-order valence-electron chi connectivity index (χ0n) is 11.5. The summed E-state index contributed by atoms with van der Waals surface area (Å²) >= 11 is 5.85. The van der Waals surface area contributed by atoms with E-state index >= 15 is 0 Å². The second kappa shape index (κ2) is 7.22. The molecule has 1 unspecified atom stereocenters. The van der Waals surface area contributed by atoms with Crippen molar-refractivity contribution in [2.75, 3.05) is 20.1 Å². The number of nitrogens with one attached hydrogen (secondary N) is 1. The maximum absolute atomic E-state index is 13.2. The largest absolute Gasteiger partial charge is 0.320 e. The number of hydrogen-bond acceptors (Lipinski definition) is 2. The van der Waals surface area contributed by atoms with E-state index in [4.69, 9.17) is 11.6 Å². The molecule has 1 heterocycles. The number of hydrogen-bond donors (Lipinski definition) is 1. The Morgan fingerprint density at radius 1 is 1.42 bits per heavy atom. The quantitative estimate of drug-likeness (QED) is 0.891. The van der Waals surface area contributed by atoms with E-state index in [9.17, 15) is 4.39 Å². The van der Waals surface area contributed by atoms with Gasteiger partial charge in [-0.2, -0.15) is 0 Å². The SMILES string of the molecule is CNCCC1CCCCN1Cc1ccc(F)c(Cl)c1. The molecule has 2 rings (SSSR count). The topological polar surface area (TPSA) is 15.3 Å². The Labute approximate surface area is 119 Å². The van der Waals surface area contributed by atoms with Crippen LogP contribution in [0.15, 0.2) is 18.2 Å². The molecule has 1 aromatic carbocycles. The second-order valence-corrected chi connectivity index (χ2v) is 5.67. The predicted molar refractivity (Wildman–Crippen MR) is 78.0 cm³/mol. The molecule has 4 heteroatoms. The zero-order valence-corrected chi connectivity index (χ0v) is 12.2. The first-order chi connectivity index (χ1) is 9.20. The number of piperidine rings is 1. The molecule has 0 amide bonds. The Balaban J connectivity index is 1.99. The minimum absolute atomic E-state index is 0.223. The van der Waals surface area contributed by atoms with Gasteiger partial charge in [0.25, 0.3) is 0 Å². The van der Waals surface area contributed by atoms with Gasteiger partial charge in [0.1, 0.15) is 5.82 Å². The lowest BCUT2D eigenvalue weighted by Gasteiger charge is -2.36. The van der Waals surface area contributed by atoms with E-state index in [-0.39, 0.29) is 10.8 Å². The molecule has 0 radical (unpaired) electrons. The van der Waals surface area contributed by atoms with Gasteiger partial charge in [-0.25, -0.2) is 4.39 Å². The summed E-state index contributed by atoms with van der Waals surface area (Å²) in [4.78, 5) is 2.50. The number of benzene rings is 1. The van der Waals surface area contributed by atoms with Crippen molar-refractivity contribution in [2.45, 2.75) is 38.3 Å². The number of halogens is 2. The fourth-order valence-electron chi connectivity index (χ4n) is 2.78. The van der Waals surface area contributed by atoms with Gasteiger partial charge in [0, 0.05) is 12.6 Å². The highest BCUT2D eigenvalue weighted by Crippen LogP contribution is 2.23. The second-order valence-electron chi connectivity index (χ2n) is 5.26. The van der Waals surface area contributed by atoms with Crippen molar-refractivity contribution in [3.05, 3.63) is 34.6 Å². The molecule has 0 spiro atoms. The normalized spacial score (nSPS) is 20.7. The third kappa shape index (κ3) is 4.16. The van der Waals surface area contributed by atoms with Crippen molar-refractivity contribution < 1.29 is 4.39 Å². The van der Waals surface area contributed by atoms with Gasteiger partial charge < -0.3 is 5.32 Å². The minimum Gasteiger partial charge on any atom is -0.320 e. The summed E-state index contributed by atoms with van der Waals surface area (Å²) in [7, 11) is 1.99. The molecule has 0 aliphatic carbocycles. The van der Waals surface area contributed by atoms with Crippen LogP contribution >= 0.6 is 11.6 Å². The predicted octanol–water partition coefficient (Wildman–Crippen LogP) is 3.44. The molecule has 1 fully saturated rings. The Morgan fingerprint density at radius 3 is 3.00 bits per heavy atom. The molecule has 1 atom stereocenters. The molecule has 0 bridgehead atoms. The van der Waals surface area contributed by atoms with Gasteiger partial charge in [0.2, 0.25) is 0 Å². The standard InChI is InChI=1S/C15H22ClFN2/c1-18-8-7-13-4-2-3-9-19(13)11-12-5-6-15(17)14(16)10-12/h5-6,10,13,18H,2-4,7-9,11H2,1H3. The van der Waals surface area contributed by atoms with E-state index < -0.39 is 0 Å². The number of nitrogens with zero attached hydrogens (tertiary/aromatic N) is 1. The first-order valence-electron chi connectivity index (χ1n) is 7.03. The molecule has 1 N–H and O–H groups in total. The van der Waals surface area contributed by atoms with Gasteiger partial charge in [0.15, 0.2) is 0 Å². The zero-order chi connectivity index (χ0) is 13.7. The lowest BCUT2D eigenvalue weighted by Crippen LogP contribution is -2.40. The van der Waals surface area contributed by atoms with Gasteiger partial charge in [-0.15, -0.1) is 0 Å². The average molecular weight is 285 g/mol. The van der Waals surface area contributed by atoms with Crippen LogP contribution in [0.25, 0.3) is 0 Å². The molecule has 0 saturated carbocycles.